The molecule has 136 valence electrons. The molecule has 0 amide bonds. The Morgan fingerprint density at radius 2 is 2.00 bits per heavy atom. The molecule has 4 nitrogen and oxygen atoms in total. The molecule has 2 rings (SSSR count). The van der Waals surface area contributed by atoms with E-state index in [1.807, 2.05) is 27.7 Å². The van der Waals surface area contributed by atoms with Crippen molar-refractivity contribution in [2.45, 2.75) is 66.1 Å². The van der Waals surface area contributed by atoms with Crippen LogP contribution in [0.4, 0.5) is 0 Å². The Labute approximate surface area is 149 Å². The minimum Gasteiger partial charge on any atom is -0.474 e. The van der Waals surface area contributed by atoms with Crippen LogP contribution >= 0.6 is 0 Å². The van der Waals surface area contributed by atoms with Crippen molar-refractivity contribution in [2.24, 2.45) is 5.92 Å². The molecule has 0 saturated carbocycles. The third-order valence-electron chi connectivity index (χ3n) is 5.08. The van der Waals surface area contributed by atoms with Gasteiger partial charge in [-0.15, -0.1) is 0 Å². The Bertz CT molecular complexity index is 732. The summed E-state index contributed by atoms with van der Waals surface area (Å²) in [6.07, 6.45) is 2.34. The third kappa shape index (κ3) is 3.54. The lowest BCUT2D eigenvalue weighted by molar-refractivity contribution is 0.0744. The molecule has 0 bridgehead atoms. The van der Waals surface area contributed by atoms with E-state index in [0.717, 1.165) is 17.6 Å². The molecule has 1 aliphatic rings. The van der Waals surface area contributed by atoms with Gasteiger partial charge < -0.3 is 9.84 Å². The molecular formula is C21H28O4. The van der Waals surface area contributed by atoms with Gasteiger partial charge in [-0.05, 0) is 56.0 Å². The quantitative estimate of drug-likeness (QED) is 0.618. The average Bonchev–Trinajstić information content (AvgIpc) is 2.84. The van der Waals surface area contributed by atoms with Gasteiger partial charge in [-0.3, -0.25) is 9.59 Å². The first-order valence-electron chi connectivity index (χ1n) is 8.93. The van der Waals surface area contributed by atoms with Crippen LogP contribution in [0.2, 0.25) is 0 Å². The van der Waals surface area contributed by atoms with E-state index in [1.165, 1.54) is 0 Å². The Kier molecular flexibility index (Phi) is 5.52. The molecule has 0 fully saturated rings. The largest absolute Gasteiger partial charge is 0.474 e. The summed E-state index contributed by atoms with van der Waals surface area (Å²) in [7, 11) is 0. The highest BCUT2D eigenvalue weighted by atomic mass is 16.5. The van der Waals surface area contributed by atoms with Gasteiger partial charge in [0, 0.05) is 12.0 Å². The molecule has 25 heavy (non-hydrogen) atoms. The topological polar surface area (TPSA) is 63.6 Å². The molecule has 0 spiro atoms. The zero-order valence-electron chi connectivity index (χ0n) is 16.0. The van der Waals surface area contributed by atoms with Gasteiger partial charge >= 0.3 is 0 Å². The number of aliphatic hydroxyl groups is 1. The maximum Gasteiger partial charge on any atom is 0.213 e. The number of fused-ring (bicyclic) bond motifs is 1. The zero-order valence-corrected chi connectivity index (χ0v) is 16.0. The number of aliphatic hydroxyl groups excluding tert-OH is 1. The minimum atomic E-state index is -1.15. The van der Waals surface area contributed by atoms with Crippen LogP contribution in [0.25, 0.3) is 0 Å². The summed E-state index contributed by atoms with van der Waals surface area (Å²) in [6, 6.07) is 3.41. The third-order valence-corrected chi connectivity index (χ3v) is 5.08. The monoisotopic (exact) mass is 344 g/mol. The Morgan fingerprint density at radius 1 is 1.36 bits per heavy atom. The Morgan fingerprint density at radius 3 is 2.56 bits per heavy atom. The summed E-state index contributed by atoms with van der Waals surface area (Å²) in [5, 5.41) is 10.4. The lowest BCUT2D eigenvalue weighted by atomic mass is 9.89. The van der Waals surface area contributed by atoms with Crippen molar-refractivity contribution < 1.29 is 19.4 Å². The molecule has 1 aromatic rings. The second-order valence-electron chi connectivity index (χ2n) is 7.20. The summed E-state index contributed by atoms with van der Waals surface area (Å²) in [4.78, 5) is 25.0. The van der Waals surface area contributed by atoms with E-state index >= 15 is 0 Å². The Hall–Kier alpha value is -1.94. The van der Waals surface area contributed by atoms with Gasteiger partial charge in [0.25, 0.3) is 0 Å². The Balaban J connectivity index is 2.42. The van der Waals surface area contributed by atoms with Crippen LogP contribution < -0.4 is 4.74 Å². The predicted octanol–water partition coefficient (Wildman–Crippen LogP) is 4.27. The number of hydrogen-bond donors (Lipinski definition) is 1. The number of benzene rings is 1. The van der Waals surface area contributed by atoms with Crippen molar-refractivity contribution in [1.82, 2.24) is 0 Å². The lowest BCUT2D eigenvalue weighted by Crippen LogP contribution is -2.35. The van der Waals surface area contributed by atoms with Crippen LogP contribution in [0.5, 0.6) is 5.75 Å². The molecule has 1 heterocycles. The molecule has 1 unspecified atom stereocenters. The molecule has 0 saturated heterocycles. The summed E-state index contributed by atoms with van der Waals surface area (Å²) >= 11 is 0. The van der Waals surface area contributed by atoms with E-state index in [0.29, 0.717) is 23.3 Å². The fraction of sp³-hybridized carbons (Fsp3) is 0.524. The molecule has 4 heteroatoms. The molecule has 0 radical (unpaired) electrons. The van der Waals surface area contributed by atoms with E-state index in [9.17, 15) is 14.7 Å². The van der Waals surface area contributed by atoms with E-state index in [-0.39, 0.29) is 17.5 Å². The normalized spacial score (nSPS) is 22.4. The first-order chi connectivity index (χ1) is 11.6. The van der Waals surface area contributed by atoms with E-state index in [2.05, 4.69) is 0 Å². The van der Waals surface area contributed by atoms with Crippen molar-refractivity contribution in [2.75, 3.05) is 0 Å². The van der Waals surface area contributed by atoms with Gasteiger partial charge in [-0.1, -0.05) is 27.2 Å². The molecule has 1 aromatic carbocycles. The summed E-state index contributed by atoms with van der Waals surface area (Å²) in [5.41, 5.74) is 1.33. The van der Waals surface area contributed by atoms with Crippen LogP contribution in [-0.4, -0.2) is 28.4 Å². The van der Waals surface area contributed by atoms with Crippen LogP contribution in [-0.2, 0) is 0 Å². The average molecular weight is 344 g/mol. The van der Waals surface area contributed by atoms with Crippen molar-refractivity contribution in [3.63, 3.8) is 0 Å². The fourth-order valence-corrected chi connectivity index (χ4v) is 3.26. The first-order valence-corrected chi connectivity index (χ1v) is 8.93. The molecule has 1 N–H and O–H groups in total. The summed E-state index contributed by atoms with van der Waals surface area (Å²) < 4.78 is 5.99. The second kappa shape index (κ2) is 7.12. The number of carbonyl (C=O) groups is 2. The van der Waals surface area contributed by atoms with Crippen LogP contribution in [0, 0.1) is 12.8 Å². The number of hydrogen-bond acceptors (Lipinski definition) is 4. The number of aryl methyl sites for hydroxylation is 1. The molecule has 3 atom stereocenters. The van der Waals surface area contributed by atoms with Crippen LogP contribution in [0.15, 0.2) is 23.8 Å². The maximum absolute atomic E-state index is 13.0. The van der Waals surface area contributed by atoms with Crippen LogP contribution in [0.1, 0.15) is 73.7 Å². The van der Waals surface area contributed by atoms with Crippen molar-refractivity contribution >= 4 is 11.6 Å². The van der Waals surface area contributed by atoms with Gasteiger partial charge in [-0.25, -0.2) is 0 Å². The van der Waals surface area contributed by atoms with Crippen molar-refractivity contribution in [3.8, 4) is 5.75 Å². The SMILES string of the molecule is CCC(=O)c1cc(C)c2c(c1)C(=O)C(C)(/C=C(\C)[C@@H](O)[C@@H](C)CC)O2. The van der Waals surface area contributed by atoms with Crippen molar-refractivity contribution in [1.29, 1.82) is 0 Å². The summed E-state index contributed by atoms with van der Waals surface area (Å²) in [6.45, 7) is 11.2. The number of ether oxygens (including phenoxy) is 1. The molecule has 0 aromatic heterocycles. The number of carbonyl (C=O) groups excluding carboxylic acids is 2. The standard InChI is InChI=1S/C21H28O4/c1-7-12(3)18(23)14(5)11-21(6)20(24)16-10-15(17(22)8-2)9-13(4)19(16)25-21/h9-12,18,23H,7-8H2,1-6H3/b14-11+/t12-,18-,21?/m0/s1. The maximum atomic E-state index is 13.0. The highest BCUT2D eigenvalue weighted by Gasteiger charge is 2.43. The van der Waals surface area contributed by atoms with Crippen molar-refractivity contribution in [3.05, 3.63) is 40.5 Å². The second-order valence-corrected chi connectivity index (χ2v) is 7.20. The minimum absolute atomic E-state index is 0.00576. The van der Waals surface area contributed by atoms with E-state index < -0.39 is 11.7 Å². The zero-order chi connectivity index (χ0) is 18.9. The highest BCUT2D eigenvalue weighted by Crippen LogP contribution is 2.40. The highest BCUT2D eigenvalue weighted by molar-refractivity contribution is 6.10. The smallest absolute Gasteiger partial charge is 0.213 e. The van der Waals surface area contributed by atoms with Gasteiger partial charge in [0.1, 0.15) is 5.75 Å². The predicted molar refractivity (Wildman–Crippen MR) is 98.4 cm³/mol. The molecule has 1 aliphatic heterocycles. The molecule has 0 aliphatic carbocycles. The number of Topliss-reactive ketones (excluding diaryl/α,β-unsaturated/α-hetero) is 2. The van der Waals surface area contributed by atoms with Gasteiger partial charge in [0.15, 0.2) is 11.4 Å². The van der Waals surface area contributed by atoms with Gasteiger partial charge in [0.05, 0.1) is 11.7 Å². The molecular weight excluding hydrogens is 316 g/mol. The van der Waals surface area contributed by atoms with E-state index in [4.69, 9.17) is 4.74 Å². The lowest BCUT2D eigenvalue weighted by Gasteiger charge is -2.23. The van der Waals surface area contributed by atoms with Gasteiger partial charge in [-0.2, -0.15) is 0 Å². The van der Waals surface area contributed by atoms with Crippen LogP contribution in [0.3, 0.4) is 0 Å². The first kappa shape index (κ1) is 19.4. The number of ketones is 2. The summed E-state index contributed by atoms with van der Waals surface area (Å²) in [5.74, 6) is 0.467. The van der Waals surface area contributed by atoms with E-state index in [1.54, 1.807) is 32.1 Å². The van der Waals surface area contributed by atoms with Gasteiger partial charge in [0.2, 0.25) is 5.78 Å². The number of rotatable bonds is 6. The fourth-order valence-electron chi connectivity index (χ4n) is 3.26.